The molecule has 3 aromatic heterocycles. The number of aromatic nitrogens is 1. The molecule has 0 radical (unpaired) electrons. The van der Waals surface area contributed by atoms with Crippen LogP contribution < -0.4 is 5.63 Å². The maximum atomic E-state index is 12.5. The van der Waals surface area contributed by atoms with Gasteiger partial charge in [-0.3, -0.25) is 10.1 Å². The second-order valence-electron chi connectivity index (χ2n) is 7.31. The molecule has 5 aromatic rings. The number of rotatable bonds is 5. The zero-order chi connectivity index (χ0) is 24.5. The number of fused-ring (bicyclic) bond motifs is 1. The number of nitro benzene ring substituents is 1. The van der Waals surface area contributed by atoms with E-state index in [9.17, 15) is 20.2 Å². The van der Waals surface area contributed by atoms with Gasteiger partial charge >= 0.3 is 5.63 Å². The first-order valence-corrected chi connectivity index (χ1v) is 11.3. The molecule has 0 aliphatic rings. The summed E-state index contributed by atoms with van der Waals surface area (Å²) in [6.45, 7) is 0. The van der Waals surface area contributed by atoms with Crippen molar-refractivity contribution in [3.05, 3.63) is 102 Å². The van der Waals surface area contributed by atoms with E-state index in [2.05, 4.69) is 11.1 Å². The summed E-state index contributed by atoms with van der Waals surface area (Å²) in [7, 11) is 0. The second kappa shape index (κ2) is 9.02. The summed E-state index contributed by atoms with van der Waals surface area (Å²) < 4.78 is 11.1. The van der Waals surface area contributed by atoms with Gasteiger partial charge in [-0.1, -0.05) is 23.7 Å². The molecule has 0 bridgehead atoms. The SMILES string of the molecule is N#CC(=Cc1ccc(-c2ccccc2[N+](=O)[O-])o1)c1nc(-c2cc3cc(Cl)ccc3oc2=O)cs1. The summed E-state index contributed by atoms with van der Waals surface area (Å²) >= 11 is 7.23. The van der Waals surface area contributed by atoms with Crippen molar-refractivity contribution in [1.29, 1.82) is 5.26 Å². The molecule has 0 spiro atoms. The van der Waals surface area contributed by atoms with E-state index >= 15 is 0 Å². The lowest BCUT2D eigenvalue weighted by Gasteiger charge is -2.00. The van der Waals surface area contributed by atoms with Gasteiger partial charge in [0.25, 0.3) is 5.69 Å². The highest BCUT2D eigenvalue weighted by Crippen LogP contribution is 2.33. The Hall–Kier alpha value is -4.52. The Morgan fingerprint density at radius 1 is 1.11 bits per heavy atom. The fraction of sp³-hybridized carbons (Fsp3) is 0. The predicted octanol–water partition coefficient (Wildman–Crippen LogP) is 6.80. The van der Waals surface area contributed by atoms with E-state index in [1.165, 1.54) is 23.5 Å². The van der Waals surface area contributed by atoms with E-state index in [1.807, 2.05) is 0 Å². The normalized spacial score (nSPS) is 11.5. The molecule has 35 heavy (non-hydrogen) atoms. The molecule has 0 aliphatic heterocycles. The Bertz CT molecular complexity index is 1740. The highest BCUT2D eigenvalue weighted by molar-refractivity contribution is 7.11. The largest absolute Gasteiger partial charge is 0.456 e. The van der Waals surface area contributed by atoms with Gasteiger partial charge in [-0.15, -0.1) is 11.3 Å². The Labute approximate surface area is 206 Å². The molecule has 0 saturated heterocycles. The number of nitro groups is 1. The summed E-state index contributed by atoms with van der Waals surface area (Å²) in [5.74, 6) is 0.624. The molecule has 0 fully saturated rings. The van der Waals surface area contributed by atoms with Crippen LogP contribution in [0.1, 0.15) is 10.8 Å². The molecule has 0 atom stereocenters. The number of halogens is 1. The van der Waals surface area contributed by atoms with E-state index in [-0.39, 0.29) is 16.8 Å². The van der Waals surface area contributed by atoms with Crippen molar-refractivity contribution in [2.75, 3.05) is 0 Å². The van der Waals surface area contributed by atoms with Gasteiger partial charge in [-0.25, -0.2) is 9.78 Å². The Balaban J connectivity index is 1.49. The number of nitrogens with zero attached hydrogens (tertiary/aromatic N) is 3. The number of nitriles is 1. The van der Waals surface area contributed by atoms with Crippen LogP contribution in [0.4, 0.5) is 5.69 Å². The van der Waals surface area contributed by atoms with E-state index < -0.39 is 10.5 Å². The molecule has 5 rings (SSSR count). The summed E-state index contributed by atoms with van der Waals surface area (Å²) in [4.78, 5) is 27.8. The van der Waals surface area contributed by atoms with Crippen molar-refractivity contribution in [1.82, 2.24) is 4.98 Å². The molecule has 170 valence electrons. The number of benzene rings is 2. The fourth-order valence-electron chi connectivity index (χ4n) is 3.49. The maximum absolute atomic E-state index is 12.5. The molecule has 3 heterocycles. The number of furan rings is 1. The van der Waals surface area contributed by atoms with Gasteiger partial charge < -0.3 is 8.83 Å². The second-order valence-corrected chi connectivity index (χ2v) is 8.61. The van der Waals surface area contributed by atoms with Gasteiger partial charge in [-0.05, 0) is 42.5 Å². The molecular formula is C25H12ClN3O5S. The minimum atomic E-state index is -0.556. The summed E-state index contributed by atoms with van der Waals surface area (Å²) in [6, 6.07) is 18.1. The number of para-hydroxylation sites is 1. The number of hydrogen-bond donors (Lipinski definition) is 0. The zero-order valence-electron chi connectivity index (χ0n) is 17.6. The maximum Gasteiger partial charge on any atom is 0.345 e. The lowest BCUT2D eigenvalue weighted by molar-refractivity contribution is -0.384. The molecule has 0 aliphatic carbocycles. The van der Waals surface area contributed by atoms with Crippen molar-refractivity contribution in [2.45, 2.75) is 0 Å². The lowest BCUT2D eigenvalue weighted by atomic mass is 10.1. The van der Waals surface area contributed by atoms with E-state index in [1.54, 1.807) is 60.0 Å². The lowest BCUT2D eigenvalue weighted by Crippen LogP contribution is -2.02. The molecule has 2 aromatic carbocycles. The van der Waals surface area contributed by atoms with Crippen LogP contribution in [0.5, 0.6) is 0 Å². The van der Waals surface area contributed by atoms with Gasteiger partial charge in [0.1, 0.15) is 28.2 Å². The molecular weight excluding hydrogens is 490 g/mol. The predicted molar refractivity (Wildman–Crippen MR) is 133 cm³/mol. The number of hydrogen-bond acceptors (Lipinski definition) is 8. The third-order valence-corrected chi connectivity index (χ3v) is 6.22. The van der Waals surface area contributed by atoms with Crippen molar-refractivity contribution in [3.8, 4) is 28.7 Å². The first-order valence-electron chi connectivity index (χ1n) is 10.1. The van der Waals surface area contributed by atoms with Gasteiger partial charge in [0.2, 0.25) is 0 Å². The van der Waals surface area contributed by atoms with Gasteiger partial charge in [-0.2, -0.15) is 5.26 Å². The smallest absolute Gasteiger partial charge is 0.345 e. The Morgan fingerprint density at radius 3 is 2.74 bits per heavy atom. The molecule has 0 N–H and O–H groups in total. The average molecular weight is 502 g/mol. The molecule has 8 nitrogen and oxygen atoms in total. The van der Waals surface area contributed by atoms with Crippen LogP contribution in [0.3, 0.4) is 0 Å². The van der Waals surface area contributed by atoms with Crippen molar-refractivity contribution >= 4 is 51.2 Å². The minimum Gasteiger partial charge on any atom is -0.456 e. The van der Waals surface area contributed by atoms with Crippen LogP contribution in [0, 0.1) is 21.4 Å². The summed E-state index contributed by atoms with van der Waals surface area (Å²) in [5, 5.41) is 24.2. The van der Waals surface area contributed by atoms with Gasteiger partial charge in [0.15, 0.2) is 0 Å². The number of thiazole rings is 1. The fourth-order valence-corrected chi connectivity index (χ4v) is 4.46. The highest BCUT2D eigenvalue weighted by atomic mass is 35.5. The van der Waals surface area contributed by atoms with Gasteiger partial charge in [0.05, 0.1) is 27.3 Å². The van der Waals surface area contributed by atoms with Crippen molar-refractivity contribution < 1.29 is 13.8 Å². The average Bonchev–Trinajstić information content (AvgIpc) is 3.52. The molecule has 0 unspecified atom stereocenters. The van der Waals surface area contributed by atoms with Crippen molar-refractivity contribution in [3.63, 3.8) is 0 Å². The zero-order valence-corrected chi connectivity index (χ0v) is 19.2. The Kier molecular flexibility index (Phi) is 5.74. The first kappa shape index (κ1) is 22.3. The van der Waals surface area contributed by atoms with Crippen molar-refractivity contribution in [2.24, 2.45) is 0 Å². The third kappa shape index (κ3) is 4.36. The molecule has 10 heteroatoms. The Morgan fingerprint density at radius 2 is 1.94 bits per heavy atom. The number of allylic oxidation sites excluding steroid dienone is 1. The molecule has 0 saturated carbocycles. The van der Waals surface area contributed by atoms with Crippen LogP contribution in [0.2, 0.25) is 5.02 Å². The van der Waals surface area contributed by atoms with Crippen LogP contribution in [0.25, 0.3) is 45.2 Å². The van der Waals surface area contributed by atoms with Crippen LogP contribution in [-0.4, -0.2) is 9.91 Å². The highest BCUT2D eigenvalue weighted by Gasteiger charge is 2.18. The van der Waals surface area contributed by atoms with E-state index in [4.69, 9.17) is 20.4 Å². The first-order chi connectivity index (χ1) is 16.9. The topological polar surface area (TPSA) is 123 Å². The molecule has 0 amide bonds. The standard InChI is InChI=1S/C25H12ClN3O5S/c26-16-5-7-22-14(9-16)11-19(25(30)34-22)20-13-35-24(28-20)15(12-27)10-17-6-8-23(33-17)18-3-1-2-4-21(18)29(31)32/h1-11,13H. The summed E-state index contributed by atoms with van der Waals surface area (Å²) in [6.07, 6.45) is 1.49. The summed E-state index contributed by atoms with van der Waals surface area (Å²) in [5.41, 5.74) is 0.909. The third-order valence-electron chi connectivity index (χ3n) is 5.10. The van der Waals surface area contributed by atoms with Crippen LogP contribution in [-0.2, 0) is 0 Å². The van der Waals surface area contributed by atoms with Crippen LogP contribution in [0.15, 0.2) is 79.7 Å². The minimum absolute atomic E-state index is 0.0852. The van der Waals surface area contributed by atoms with Gasteiger partial charge in [0, 0.05) is 27.9 Å². The van der Waals surface area contributed by atoms with E-state index in [0.29, 0.717) is 43.8 Å². The quantitative estimate of drug-likeness (QED) is 0.112. The van der Waals surface area contributed by atoms with E-state index in [0.717, 1.165) is 0 Å². The van der Waals surface area contributed by atoms with Crippen LogP contribution >= 0.6 is 22.9 Å². The monoisotopic (exact) mass is 501 g/mol.